The summed E-state index contributed by atoms with van der Waals surface area (Å²) in [6.07, 6.45) is 0. The van der Waals surface area contributed by atoms with Crippen LogP contribution in [0, 0.1) is 0 Å². The van der Waals surface area contributed by atoms with Gasteiger partial charge in [-0.05, 0) is 36.8 Å². The van der Waals surface area contributed by atoms with Crippen LogP contribution in [0.2, 0.25) is 0 Å². The highest BCUT2D eigenvalue weighted by atomic mass is 79.9. The second kappa shape index (κ2) is 6.04. The molecule has 1 amide bonds. The molecule has 0 spiro atoms. The van der Waals surface area contributed by atoms with Crippen molar-refractivity contribution < 1.29 is 9.53 Å². The Morgan fingerprint density at radius 2 is 1.78 bits per heavy atom. The average molecular weight is 374 g/mol. The van der Waals surface area contributed by atoms with E-state index in [1.54, 1.807) is 6.92 Å². The molecular weight excluding hydrogens is 358 g/mol. The Balaban J connectivity index is 1.94. The summed E-state index contributed by atoms with van der Waals surface area (Å²) in [6, 6.07) is 17.2. The van der Waals surface area contributed by atoms with Gasteiger partial charge in [-0.2, -0.15) is 5.01 Å². The van der Waals surface area contributed by atoms with Crippen LogP contribution in [-0.4, -0.2) is 24.0 Å². The van der Waals surface area contributed by atoms with Gasteiger partial charge in [-0.1, -0.05) is 46.3 Å². The van der Waals surface area contributed by atoms with Gasteiger partial charge in [0, 0.05) is 4.47 Å². The van der Waals surface area contributed by atoms with E-state index in [4.69, 9.17) is 4.74 Å². The van der Waals surface area contributed by atoms with Crippen molar-refractivity contribution in [3.63, 3.8) is 0 Å². The van der Waals surface area contributed by atoms with Gasteiger partial charge in [0.05, 0.1) is 12.8 Å². The van der Waals surface area contributed by atoms with Gasteiger partial charge in [0.25, 0.3) is 5.91 Å². The zero-order valence-electron chi connectivity index (χ0n) is 12.8. The van der Waals surface area contributed by atoms with Crippen molar-refractivity contribution in [2.45, 2.75) is 12.5 Å². The number of rotatable bonds is 3. The number of aliphatic imine (C=N–C) groups is 1. The van der Waals surface area contributed by atoms with Crippen LogP contribution in [-0.2, 0) is 15.1 Å². The number of para-hydroxylation sites is 1. The van der Waals surface area contributed by atoms with Gasteiger partial charge in [-0.25, -0.2) is 4.99 Å². The van der Waals surface area contributed by atoms with Gasteiger partial charge >= 0.3 is 6.02 Å². The average Bonchev–Trinajstić information content (AvgIpc) is 2.82. The predicted molar refractivity (Wildman–Crippen MR) is 92.8 cm³/mol. The molecule has 2 aromatic carbocycles. The number of halogens is 1. The molecule has 3 rings (SSSR count). The Bertz CT molecular complexity index is 746. The van der Waals surface area contributed by atoms with Crippen molar-refractivity contribution in [2.75, 3.05) is 12.5 Å². The number of ether oxygens (including phenoxy) is 1. The molecule has 6 heteroatoms. The molecule has 1 N–H and O–H groups in total. The first-order chi connectivity index (χ1) is 11.0. The lowest BCUT2D eigenvalue weighted by atomic mass is 9.92. The number of carbonyl (C=O) groups excluding carboxylic acids is 1. The number of nitrogens with one attached hydrogen (secondary N) is 1. The molecule has 0 saturated heterocycles. The number of carbonyl (C=O) groups is 1. The smallest absolute Gasteiger partial charge is 0.315 e. The number of hydrogen-bond donors (Lipinski definition) is 1. The lowest BCUT2D eigenvalue weighted by Gasteiger charge is -2.23. The van der Waals surface area contributed by atoms with Gasteiger partial charge in [-0.15, -0.1) is 0 Å². The number of hydrogen-bond acceptors (Lipinski definition) is 4. The second-order valence-corrected chi connectivity index (χ2v) is 6.21. The summed E-state index contributed by atoms with van der Waals surface area (Å²) in [5.41, 5.74) is 3.61. The molecule has 1 atom stereocenters. The molecule has 1 heterocycles. The van der Waals surface area contributed by atoms with E-state index in [1.807, 2.05) is 54.6 Å². The minimum atomic E-state index is -1.02. The number of methoxy groups -OCH3 is 1. The van der Waals surface area contributed by atoms with Crippen LogP contribution in [0.1, 0.15) is 12.5 Å². The fourth-order valence-electron chi connectivity index (χ4n) is 2.43. The highest BCUT2D eigenvalue weighted by Gasteiger charge is 2.47. The summed E-state index contributed by atoms with van der Waals surface area (Å²) >= 11 is 3.40. The van der Waals surface area contributed by atoms with Crippen molar-refractivity contribution in [1.29, 1.82) is 0 Å². The molecule has 0 fully saturated rings. The van der Waals surface area contributed by atoms with E-state index in [0.717, 1.165) is 15.7 Å². The first-order valence-corrected chi connectivity index (χ1v) is 7.90. The van der Waals surface area contributed by atoms with Crippen molar-refractivity contribution in [2.24, 2.45) is 4.99 Å². The molecule has 0 bridgehead atoms. The number of amides is 1. The lowest BCUT2D eigenvalue weighted by Crippen LogP contribution is -2.43. The van der Waals surface area contributed by atoms with E-state index in [0.29, 0.717) is 0 Å². The monoisotopic (exact) mass is 373 g/mol. The summed E-state index contributed by atoms with van der Waals surface area (Å²) in [6.45, 7) is 1.78. The maximum Gasteiger partial charge on any atom is 0.315 e. The molecule has 0 aromatic heterocycles. The van der Waals surface area contributed by atoms with Crippen molar-refractivity contribution in [3.8, 4) is 0 Å². The molecule has 1 aliphatic heterocycles. The summed E-state index contributed by atoms with van der Waals surface area (Å²) in [7, 11) is 1.50. The Morgan fingerprint density at radius 3 is 2.39 bits per heavy atom. The highest BCUT2D eigenvalue weighted by Crippen LogP contribution is 2.34. The topological polar surface area (TPSA) is 53.9 Å². The third-order valence-corrected chi connectivity index (χ3v) is 4.26. The van der Waals surface area contributed by atoms with Gasteiger partial charge in [0.1, 0.15) is 0 Å². The quantitative estimate of drug-likeness (QED) is 0.894. The fraction of sp³-hybridized carbons (Fsp3) is 0.176. The second-order valence-electron chi connectivity index (χ2n) is 5.30. The standard InChI is InChI=1S/C17H16BrN3O2/c1-17(12-8-10-13(18)11-9-12)15(22)21(16(19-17)23-2)20-14-6-4-3-5-7-14/h3-11,20H,1-2H3. The molecular formula is C17H16BrN3O2. The zero-order chi connectivity index (χ0) is 16.4. The molecule has 118 valence electrons. The number of nitrogens with zero attached hydrogens (tertiary/aromatic N) is 2. The summed E-state index contributed by atoms with van der Waals surface area (Å²) in [4.78, 5) is 17.4. The molecule has 0 saturated carbocycles. The maximum absolute atomic E-state index is 12.9. The van der Waals surface area contributed by atoms with Crippen molar-refractivity contribution >= 4 is 33.5 Å². The van der Waals surface area contributed by atoms with Gasteiger partial charge < -0.3 is 4.74 Å². The van der Waals surface area contributed by atoms with Crippen molar-refractivity contribution in [3.05, 3.63) is 64.6 Å². The predicted octanol–water partition coefficient (Wildman–Crippen LogP) is 3.54. The van der Waals surface area contributed by atoms with Crippen molar-refractivity contribution in [1.82, 2.24) is 5.01 Å². The first kappa shape index (κ1) is 15.6. The largest absolute Gasteiger partial charge is 0.467 e. The van der Waals surface area contributed by atoms with Crippen LogP contribution in [0.5, 0.6) is 0 Å². The molecule has 23 heavy (non-hydrogen) atoms. The Kier molecular flexibility index (Phi) is 4.09. The first-order valence-electron chi connectivity index (χ1n) is 7.11. The van der Waals surface area contributed by atoms with Gasteiger partial charge in [-0.3, -0.25) is 10.2 Å². The maximum atomic E-state index is 12.9. The summed E-state index contributed by atoms with van der Waals surface area (Å²) in [5.74, 6) is -0.194. The fourth-order valence-corrected chi connectivity index (χ4v) is 2.70. The van der Waals surface area contributed by atoms with E-state index >= 15 is 0 Å². The SMILES string of the molecule is COC1=NC(C)(c2ccc(Br)cc2)C(=O)N1Nc1ccccc1. The van der Waals surface area contributed by atoms with Crippen LogP contribution in [0.15, 0.2) is 64.1 Å². The number of hydrazine groups is 1. The van der Waals surface area contributed by atoms with E-state index in [1.165, 1.54) is 12.1 Å². The van der Waals surface area contributed by atoms with Crippen LogP contribution < -0.4 is 5.43 Å². The molecule has 2 aromatic rings. The Hall–Kier alpha value is -2.34. The highest BCUT2D eigenvalue weighted by molar-refractivity contribution is 9.10. The zero-order valence-corrected chi connectivity index (χ0v) is 14.4. The van der Waals surface area contributed by atoms with Crippen LogP contribution in [0.3, 0.4) is 0 Å². The summed E-state index contributed by atoms with van der Waals surface area (Å²) < 4.78 is 6.24. The Labute approximate surface area is 143 Å². The van der Waals surface area contributed by atoms with Crippen LogP contribution in [0.4, 0.5) is 5.69 Å². The molecule has 0 aliphatic carbocycles. The minimum Gasteiger partial charge on any atom is -0.467 e. The van der Waals surface area contributed by atoms with Gasteiger partial charge in [0.15, 0.2) is 5.54 Å². The summed E-state index contributed by atoms with van der Waals surface area (Å²) in [5, 5.41) is 1.34. The van der Waals surface area contributed by atoms with E-state index in [-0.39, 0.29) is 11.9 Å². The normalized spacial score (nSPS) is 20.4. The Morgan fingerprint density at radius 1 is 1.13 bits per heavy atom. The van der Waals surface area contributed by atoms with E-state index in [9.17, 15) is 4.79 Å². The molecule has 1 aliphatic rings. The third-order valence-electron chi connectivity index (χ3n) is 3.73. The lowest BCUT2D eigenvalue weighted by molar-refractivity contribution is -0.130. The third kappa shape index (κ3) is 2.82. The number of benzene rings is 2. The van der Waals surface area contributed by atoms with Gasteiger partial charge in [0.2, 0.25) is 0 Å². The van der Waals surface area contributed by atoms with Crippen LogP contribution in [0.25, 0.3) is 0 Å². The minimum absolute atomic E-state index is 0.194. The molecule has 0 radical (unpaired) electrons. The number of amidine groups is 1. The van der Waals surface area contributed by atoms with E-state index in [2.05, 4.69) is 26.3 Å². The van der Waals surface area contributed by atoms with E-state index < -0.39 is 5.54 Å². The van der Waals surface area contributed by atoms with Crippen LogP contribution >= 0.6 is 15.9 Å². The number of anilines is 1. The molecule has 1 unspecified atom stereocenters. The molecule has 5 nitrogen and oxygen atoms in total.